The molecule has 0 radical (unpaired) electrons. The van der Waals surface area contributed by atoms with Crippen LogP contribution < -0.4 is 0 Å². The first-order valence-electron chi connectivity index (χ1n) is 9.42. The van der Waals surface area contributed by atoms with Crippen LogP contribution >= 0.6 is 0 Å². The summed E-state index contributed by atoms with van der Waals surface area (Å²) in [5.41, 5.74) is 4.37. The Hall–Kier alpha value is -2.55. The lowest BCUT2D eigenvalue weighted by Gasteiger charge is -2.05. The van der Waals surface area contributed by atoms with Crippen molar-refractivity contribution in [3.63, 3.8) is 0 Å². The number of rotatable bonds is 8. The van der Waals surface area contributed by atoms with Gasteiger partial charge in [-0.1, -0.05) is 62.9 Å². The highest BCUT2D eigenvalue weighted by Crippen LogP contribution is 2.27. The molecule has 0 spiro atoms. The van der Waals surface area contributed by atoms with Crippen LogP contribution in [0.3, 0.4) is 0 Å². The molecular weight excluding hydrogens is 324 g/mol. The van der Waals surface area contributed by atoms with Gasteiger partial charge in [0.05, 0.1) is 7.11 Å². The molecule has 3 rings (SSSR count). The van der Waals surface area contributed by atoms with Crippen LogP contribution in [0.4, 0.5) is 0 Å². The Kier molecular flexibility index (Phi) is 6.11. The van der Waals surface area contributed by atoms with E-state index in [1.807, 2.05) is 18.2 Å². The summed E-state index contributed by atoms with van der Waals surface area (Å²) in [5, 5.41) is 0.905. The number of hydrogen-bond donors (Lipinski definition) is 0. The number of methoxy groups -OCH3 is 1. The Bertz CT molecular complexity index is 859. The highest BCUT2D eigenvalue weighted by Gasteiger charge is 2.12. The van der Waals surface area contributed by atoms with Crippen molar-refractivity contribution in [2.45, 2.75) is 45.4 Å². The minimum absolute atomic E-state index is 0.234. The zero-order chi connectivity index (χ0) is 18.4. The summed E-state index contributed by atoms with van der Waals surface area (Å²) in [6.07, 6.45) is 7.69. The van der Waals surface area contributed by atoms with Gasteiger partial charge in [0.1, 0.15) is 5.58 Å². The molecule has 1 aromatic heterocycles. The number of fused-ring (bicyclic) bond motifs is 1. The molecule has 136 valence electrons. The van der Waals surface area contributed by atoms with Gasteiger partial charge in [-0.25, -0.2) is 4.79 Å². The van der Waals surface area contributed by atoms with Crippen molar-refractivity contribution in [2.75, 3.05) is 7.11 Å². The molecule has 0 amide bonds. The van der Waals surface area contributed by atoms with Crippen LogP contribution in [-0.4, -0.2) is 13.1 Å². The van der Waals surface area contributed by atoms with E-state index in [9.17, 15) is 4.79 Å². The highest BCUT2D eigenvalue weighted by molar-refractivity contribution is 5.93. The Labute approximate surface area is 155 Å². The molecule has 0 saturated heterocycles. The first-order valence-corrected chi connectivity index (χ1v) is 9.42. The third-order valence-electron chi connectivity index (χ3n) is 4.76. The van der Waals surface area contributed by atoms with Gasteiger partial charge in [-0.05, 0) is 47.7 Å². The molecule has 0 aliphatic carbocycles. The number of furan rings is 1. The van der Waals surface area contributed by atoms with Crippen LogP contribution in [0, 0.1) is 0 Å². The van der Waals surface area contributed by atoms with E-state index in [2.05, 4.69) is 31.2 Å². The molecule has 26 heavy (non-hydrogen) atoms. The zero-order valence-electron chi connectivity index (χ0n) is 15.6. The number of hydrogen-bond acceptors (Lipinski definition) is 3. The summed E-state index contributed by atoms with van der Waals surface area (Å²) >= 11 is 0. The Balaban J connectivity index is 1.69. The van der Waals surface area contributed by atoms with Crippen LogP contribution in [0.5, 0.6) is 0 Å². The van der Waals surface area contributed by atoms with Crippen LogP contribution in [0.1, 0.15) is 55.1 Å². The molecule has 3 heteroatoms. The maximum atomic E-state index is 11.6. The number of carbonyl (C=O) groups is 1. The largest absolute Gasteiger partial charge is 0.463 e. The van der Waals surface area contributed by atoms with Crippen molar-refractivity contribution < 1.29 is 13.9 Å². The molecule has 0 saturated carbocycles. The van der Waals surface area contributed by atoms with Crippen molar-refractivity contribution >= 4 is 16.9 Å². The third kappa shape index (κ3) is 4.34. The second-order valence-corrected chi connectivity index (χ2v) is 6.72. The second kappa shape index (κ2) is 8.70. The SMILES string of the molecule is CCCCCCCc1ccc(-c2ccc3oc(C(=O)OC)cc3c2)cc1. The van der Waals surface area contributed by atoms with Gasteiger partial charge in [-0.2, -0.15) is 0 Å². The minimum Gasteiger partial charge on any atom is -0.463 e. The van der Waals surface area contributed by atoms with E-state index < -0.39 is 5.97 Å². The number of ether oxygens (including phenoxy) is 1. The van der Waals surface area contributed by atoms with Gasteiger partial charge in [0, 0.05) is 5.39 Å². The van der Waals surface area contributed by atoms with Gasteiger partial charge in [-0.15, -0.1) is 0 Å². The van der Waals surface area contributed by atoms with Crippen LogP contribution in [0.25, 0.3) is 22.1 Å². The topological polar surface area (TPSA) is 39.4 Å². The van der Waals surface area contributed by atoms with Gasteiger partial charge < -0.3 is 9.15 Å². The van der Waals surface area contributed by atoms with Gasteiger partial charge >= 0.3 is 5.97 Å². The third-order valence-corrected chi connectivity index (χ3v) is 4.76. The zero-order valence-corrected chi connectivity index (χ0v) is 15.6. The molecule has 0 unspecified atom stereocenters. The fraction of sp³-hybridized carbons (Fsp3) is 0.348. The number of benzene rings is 2. The summed E-state index contributed by atoms with van der Waals surface area (Å²) in [5.74, 6) is -0.218. The predicted molar refractivity (Wildman–Crippen MR) is 105 cm³/mol. The molecular formula is C23H26O3. The molecule has 0 atom stereocenters. The molecule has 2 aromatic carbocycles. The number of aryl methyl sites for hydroxylation is 1. The van der Waals surface area contributed by atoms with Crippen molar-refractivity contribution in [1.82, 2.24) is 0 Å². The molecule has 3 nitrogen and oxygen atoms in total. The molecule has 0 aliphatic heterocycles. The van der Waals surface area contributed by atoms with Crippen LogP contribution in [0.2, 0.25) is 0 Å². The summed E-state index contributed by atoms with van der Waals surface area (Å²) in [7, 11) is 1.35. The summed E-state index contributed by atoms with van der Waals surface area (Å²) in [6, 6.07) is 16.5. The van der Waals surface area contributed by atoms with E-state index in [1.165, 1.54) is 50.3 Å². The normalized spacial score (nSPS) is 11.0. The smallest absolute Gasteiger partial charge is 0.373 e. The number of unbranched alkanes of at least 4 members (excludes halogenated alkanes) is 4. The van der Waals surface area contributed by atoms with Gasteiger partial charge in [0.25, 0.3) is 0 Å². The standard InChI is InChI=1S/C23H26O3/c1-3-4-5-6-7-8-17-9-11-18(12-10-17)19-13-14-21-20(15-19)16-22(26-21)23(24)25-2/h9-16H,3-8H2,1-2H3. The van der Waals surface area contributed by atoms with E-state index in [4.69, 9.17) is 9.15 Å². The van der Waals surface area contributed by atoms with Crippen molar-refractivity contribution in [2.24, 2.45) is 0 Å². The molecule has 0 aliphatic rings. The monoisotopic (exact) mass is 350 g/mol. The van der Waals surface area contributed by atoms with Gasteiger partial charge in [0.15, 0.2) is 0 Å². The van der Waals surface area contributed by atoms with Crippen molar-refractivity contribution in [1.29, 1.82) is 0 Å². The average Bonchev–Trinajstić information content (AvgIpc) is 3.11. The Morgan fingerprint density at radius 2 is 1.65 bits per heavy atom. The molecule has 0 bridgehead atoms. The number of carbonyl (C=O) groups excluding carboxylic acids is 1. The average molecular weight is 350 g/mol. The molecule has 3 aromatic rings. The number of esters is 1. The first kappa shape index (κ1) is 18.2. The lowest BCUT2D eigenvalue weighted by Crippen LogP contribution is -1.97. The summed E-state index contributed by atoms with van der Waals surface area (Å²) in [4.78, 5) is 11.6. The quantitative estimate of drug-likeness (QED) is 0.348. The van der Waals surface area contributed by atoms with E-state index in [0.717, 1.165) is 17.4 Å². The minimum atomic E-state index is -0.453. The molecule has 0 fully saturated rings. The Morgan fingerprint density at radius 1 is 0.923 bits per heavy atom. The van der Waals surface area contributed by atoms with Crippen molar-refractivity contribution in [3.8, 4) is 11.1 Å². The first-order chi connectivity index (χ1) is 12.7. The maximum absolute atomic E-state index is 11.6. The maximum Gasteiger partial charge on any atom is 0.373 e. The van der Waals surface area contributed by atoms with Gasteiger partial charge in [-0.3, -0.25) is 0 Å². The second-order valence-electron chi connectivity index (χ2n) is 6.72. The van der Waals surface area contributed by atoms with Crippen LogP contribution in [0.15, 0.2) is 52.9 Å². The Morgan fingerprint density at radius 3 is 2.38 bits per heavy atom. The molecule has 0 N–H and O–H groups in total. The highest BCUT2D eigenvalue weighted by atomic mass is 16.5. The fourth-order valence-electron chi connectivity index (χ4n) is 3.22. The van der Waals surface area contributed by atoms with Crippen LogP contribution in [-0.2, 0) is 11.2 Å². The lowest BCUT2D eigenvalue weighted by atomic mass is 10.00. The summed E-state index contributed by atoms with van der Waals surface area (Å²) in [6.45, 7) is 2.25. The lowest BCUT2D eigenvalue weighted by molar-refractivity contribution is 0.0567. The van der Waals surface area contributed by atoms with Gasteiger partial charge in [0.2, 0.25) is 5.76 Å². The predicted octanol–water partition coefficient (Wildman–Crippen LogP) is 6.40. The van der Waals surface area contributed by atoms with E-state index in [-0.39, 0.29) is 5.76 Å². The molecule has 1 heterocycles. The van der Waals surface area contributed by atoms with E-state index in [0.29, 0.717) is 5.58 Å². The van der Waals surface area contributed by atoms with Crippen molar-refractivity contribution in [3.05, 3.63) is 59.9 Å². The fourth-order valence-corrected chi connectivity index (χ4v) is 3.22. The van der Waals surface area contributed by atoms with E-state index in [1.54, 1.807) is 6.07 Å². The summed E-state index contributed by atoms with van der Waals surface area (Å²) < 4.78 is 10.2. The van der Waals surface area contributed by atoms with E-state index >= 15 is 0 Å².